The Morgan fingerprint density at radius 1 is 1.36 bits per heavy atom. The number of nitrogens with zero attached hydrogens (tertiary/aromatic N) is 3. The van der Waals surface area contributed by atoms with E-state index < -0.39 is 0 Å². The molecule has 1 aromatic carbocycles. The SMILES string of the molecule is CCCc1ncc2c(n1)CCN(Cc1c(F)cccc1Cl)C2. The Morgan fingerprint density at radius 2 is 2.23 bits per heavy atom. The van der Waals surface area contributed by atoms with E-state index in [-0.39, 0.29) is 5.82 Å². The van der Waals surface area contributed by atoms with E-state index >= 15 is 0 Å². The van der Waals surface area contributed by atoms with Gasteiger partial charge in [0, 0.05) is 60.5 Å². The molecular formula is C17H19ClFN3. The van der Waals surface area contributed by atoms with E-state index in [1.807, 2.05) is 6.20 Å². The average molecular weight is 320 g/mol. The third kappa shape index (κ3) is 3.28. The number of hydrogen-bond acceptors (Lipinski definition) is 3. The molecule has 3 rings (SSSR count). The minimum absolute atomic E-state index is 0.243. The molecular weight excluding hydrogens is 301 g/mol. The highest BCUT2D eigenvalue weighted by molar-refractivity contribution is 6.31. The smallest absolute Gasteiger partial charge is 0.129 e. The second-order valence-corrected chi connectivity index (χ2v) is 6.08. The van der Waals surface area contributed by atoms with Crippen molar-refractivity contribution in [3.05, 3.63) is 57.9 Å². The summed E-state index contributed by atoms with van der Waals surface area (Å²) >= 11 is 6.11. The molecule has 0 saturated heterocycles. The molecule has 5 heteroatoms. The Morgan fingerprint density at radius 3 is 3.00 bits per heavy atom. The van der Waals surface area contributed by atoms with Crippen LogP contribution >= 0.6 is 11.6 Å². The third-order valence-corrected chi connectivity index (χ3v) is 4.33. The largest absolute Gasteiger partial charge is 0.294 e. The van der Waals surface area contributed by atoms with Gasteiger partial charge in [-0.3, -0.25) is 4.90 Å². The van der Waals surface area contributed by atoms with Gasteiger partial charge in [-0.15, -0.1) is 0 Å². The van der Waals surface area contributed by atoms with Gasteiger partial charge >= 0.3 is 0 Å². The Kier molecular flexibility index (Phi) is 4.69. The standard InChI is InChI=1S/C17H19ClFN3/c1-2-4-17-20-9-12-10-22(8-7-16(12)21-17)11-13-14(18)5-3-6-15(13)19/h3,5-6,9H,2,4,7-8,10-11H2,1H3. The van der Waals surface area contributed by atoms with Crippen LogP contribution in [0.3, 0.4) is 0 Å². The molecule has 22 heavy (non-hydrogen) atoms. The van der Waals surface area contributed by atoms with Crippen molar-refractivity contribution in [2.75, 3.05) is 6.54 Å². The predicted molar refractivity (Wildman–Crippen MR) is 85.3 cm³/mol. The molecule has 2 aromatic rings. The highest BCUT2D eigenvalue weighted by atomic mass is 35.5. The number of rotatable bonds is 4. The molecule has 0 bridgehead atoms. The predicted octanol–water partition coefficient (Wildman–Crippen LogP) is 3.78. The summed E-state index contributed by atoms with van der Waals surface area (Å²) in [4.78, 5) is 11.3. The van der Waals surface area contributed by atoms with Crippen LogP contribution in [-0.4, -0.2) is 21.4 Å². The van der Waals surface area contributed by atoms with Gasteiger partial charge in [0.1, 0.15) is 11.6 Å². The van der Waals surface area contributed by atoms with Gasteiger partial charge in [0.25, 0.3) is 0 Å². The molecule has 3 nitrogen and oxygen atoms in total. The van der Waals surface area contributed by atoms with Gasteiger partial charge < -0.3 is 0 Å². The second kappa shape index (κ2) is 6.71. The Bertz CT molecular complexity index is 655. The zero-order valence-corrected chi connectivity index (χ0v) is 13.4. The van der Waals surface area contributed by atoms with Gasteiger partial charge in [0.05, 0.1) is 0 Å². The molecule has 0 radical (unpaired) electrons. The number of aryl methyl sites for hydroxylation is 1. The maximum atomic E-state index is 13.9. The highest BCUT2D eigenvalue weighted by Crippen LogP contribution is 2.24. The minimum atomic E-state index is -0.243. The molecule has 0 N–H and O–H groups in total. The van der Waals surface area contributed by atoms with Crippen molar-refractivity contribution >= 4 is 11.6 Å². The van der Waals surface area contributed by atoms with Crippen molar-refractivity contribution in [2.45, 2.75) is 39.3 Å². The zero-order chi connectivity index (χ0) is 15.5. The van der Waals surface area contributed by atoms with Gasteiger partial charge in [0.15, 0.2) is 0 Å². The van der Waals surface area contributed by atoms with Crippen LogP contribution in [0.4, 0.5) is 4.39 Å². The molecule has 2 heterocycles. The van der Waals surface area contributed by atoms with Crippen molar-refractivity contribution in [3.8, 4) is 0 Å². The molecule has 0 unspecified atom stereocenters. The van der Waals surface area contributed by atoms with Gasteiger partial charge in [-0.25, -0.2) is 14.4 Å². The number of benzene rings is 1. The van der Waals surface area contributed by atoms with Gasteiger partial charge in [-0.2, -0.15) is 0 Å². The lowest BCUT2D eigenvalue weighted by Crippen LogP contribution is -2.31. The lowest BCUT2D eigenvalue weighted by atomic mass is 10.1. The highest BCUT2D eigenvalue weighted by Gasteiger charge is 2.20. The van der Waals surface area contributed by atoms with E-state index in [0.29, 0.717) is 17.1 Å². The van der Waals surface area contributed by atoms with Crippen molar-refractivity contribution in [2.24, 2.45) is 0 Å². The van der Waals surface area contributed by atoms with Crippen LogP contribution in [0, 0.1) is 5.82 Å². The van der Waals surface area contributed by atoms with E-state index in [1.54, 1.807) is 12.1 Å². The zero-order valence-electron chi connectivity index (χ0n) is 12.6. The Labute approximate surface area is 135 Å². The van der Waals surface area contributed by atoms with E-state index in [4.69, 9.17) is 11.6 Å². The summed E-state index contributed by atoms with van der Waals surface area (Å²) in [7, 11) is 0. The monoisotopic (exact) mass is 319 g/mol. The first kappa shape index (κ1) is 15.4. The molecule has 0 saturated carbocycles. The Balaban J connectivity index is 1.74. The van der Waals surface area contributed by atoms with Crippen LogP contribution in [0.1, 0.15) is 36.0 Å². The van der Waals surface area contributed by atoms with Crippen molar-refractivity contribution in [1.82, 2.24) is 14.9 Å². The maximum absolute atomic E-state index is 13.9. The average Bonchev–Trinajstić information content (AvgIpc) is 2.51. The number of hydrogen-bond donors (Lipinski definition) is 0. The fraction of sp³-hybridized carbons (Fsp3) is 0.412. The first-order chi connectivity index (χ1) is 10.7. The first-order valence-electron chi connectivity index (χ1n) is 7.66. The van der Waals surface area contributed by atoms with Crippen LogP contribution in [-0.2, 0) is 25.9 Å². The molecule has 0 spiro atoms. The molecule has 0 amide bonds. The van der Waals surface area contributed by atoms with Crippen molar-refractivity contribution < 1.29 is 4.39 Å². The summed E-state index contributed by atoms with van der Waals surface area (Å²) < 4.78 is 13.9. The minimum Gasteiger partial charge on any atom is -0.294 e. The number of aromatic nitrogens is 2. The summed E-state index contributed by atoms with van der Waals surface area (Å²) in [6, 6.07) is 4.83. The van der Waals surface area contributed by atoms with Gasteiger partial charge in [-0.05, 0) is 18.6 Å². The van der Waals surface area contributed by atoms with E-state index in [2.05, 4.69) is 21.8 Å². The molecule has 1 aromatic heterocycles. The van der Waals surface area contributed by atoms with Gasteiger partial charge in [0.2, 0.25) is 0 Å². The van der Waals surface area contributed by atoms with Gasteiger partial charge in [-0.1, -0.05) is 24.6 Å². The van der Waals surface area contributed by atoms with Crippen molar-refractivity contribution in [3.63, 3.8) is 0 Å². The fourth-order valence-electron chi connectivity index (χ4n) is 2.80. The second-order valence-electron chi connectivity index (χ2n) is 5.67. The summed E-state index contributed by atoms with van der Waals surface area (Å²) in [6.07, 6.45) is 4.77. The fourth-order valence-corrected chi connectivity index (χ4v) is 3.02. The molecule has 116 valence electrons. The molecule has 0 fully saturated rings. The normalized spacial score (nSPS) is 14.9. The topological polar surface area (TPSA) is 29.0 Å². The quantitative estimate of drug-likeness (QED) is 0.858. The lowest BCUT2D eigenvalue weighted by molar-refractivity contribution is 0.239. The number of halogens is 2. The third-order valence-electron chi connectivity index (χ3n) is 3.98. The summed E-state index contributed by atoms with van der Waals surface area (Å²) in [5, 5.41) is 0.486. The Hall–Kier alpha value is -1.52. The molecule has 0 aliphatic carbocycles. The van der Waals surface area contributed by atoms with E-state index in [1.165, 1.54) is 6.07 Å². The van der Waals surface area contributed by atoms with Crippen LogP contribution in [0.25, 0.3) is 0 Å². The number of fused-ring (bicyclic) bond motifs is 1. The van der Waals surface area contributed by atoms with Crippen LogP contribution < -0.4 is 0 Å². The van der Waals surface area contributed by atoms with E-state index in [0.717, 1.165) is 49.4 Å². The van der Waals surface area contributed by atoms with Crippen molar-refractivity contribution in [1.29, 1.82) is 0 Å². The molecule has 0 atom stereocenters. The van der Waals surface area contributed by atoms with Crippen LogP contribution in [0.5, 0.6) is 0 Å². The maximum Gasteiger partial charge on any atom is 0.129 e. The van der Waals surface area contributed by atoms with Crippen LogP contribution in [0.15, 0.2) is 24.4 Å². The summed E-state index contributed by atoms with van der Waals surface area (Å²) in [6.45, 7) is 4.25. The molecule has 1 aliphatic rings. The molecule has 1 aliphatic heterocycles. The first-order valence-corrected chi connectivity index (χ1v) is 8.04. The summed E-state index contributed by atoms with van der Waals surface area (Å²) in [5.41, 5.74) is 2.84. The van der Waals surface area contributed by atoms with Crippen LogP contribution in [0.2, 0.25) is 5.02 Å². The summed E-state index contributed by atoms with van der Waals surface area (Å²) in [5.74, 6) is 0.680. The lowest BCUT2D eigenvalue weighted by Gasteiger charge is -2.28. The van der Waals surface area contributed by atoms with E-state index in [9.17, 15) is 4.39 Å².